The van der Waals surface area contributed by atoms with Crippen LogP contribution < -0.4 is 14.9 Å². The molecule has 4 aromatic rings. The molecule has 0 spiro atoms. The van der Waals surface area contributed by atoms with Crippen LogP contribution in [-0.4, -0.2) is 0 Å². The quantitative estimate of drug-likeness (QED) is 0.448. The molecule has 0 aliphatic heterocycles. The zero-order chi connectivity index (χ0) is 17.9. The number of pyridine rings is 2. The van der Waals surface area contributed by atoms with Gasteiger partial charge in [0, 0.05) is 42.1 Å². The number of nitrogens with two attached hydrogens (primary N) is 1. The second kappa shape index (κ2) is 6.81. The first-order chi connectivity index (χ1) is 12.7. The SMILES string of the molecule is C[n+]1ccc(-c2cc[n+](-c3ccc(-c4ccc(N)cc4)cc3)cc2)cc1. The lowest BCUT2D eigenvalue weighted by molar-refractivity contribution is -0.671. The molecule has 3 nitrogen and oxygen atoms in total. The summed E-state index contributed by atoms with van der Waals surface area (Å²) >= 11 is 0. The maximum absolute atomic E-state index is 5.76. The number of nitrogen functional groups attached to an aromatic ring is 1. The first-order valence-corrected chi connectivity index (χ1v) is 8.62. The Morgan fingerprint density at radius 1 is 0.538 bits per heavy atom. The van der Waals surface area contributed by atoms with Gasteiger partial charge in [0.25, 0.3) is 0 Å². The van der Waals surface area contributed by atoms with Gasteiger partial charge in [0.1, 0.15) is 7.05 Å². The number of aryl methyl sites for hydroxylation is 1. The number of anilines is 1. The Morgan fingerprint density at radius 2 is 0.962 bits per heavy atom. The molecule has 0 amide bonds. The highest BCUT2D eigenvalue weighted by molar-refractivity contribution is 5.66. The molecule has 0 aliphatic rings. The standard InChI is InChI=1S/C23H20N3/c1-25-14-10-20(11-15-25)21-12-16-26(17-13-21)23-8-4-19(5-9-23)18-2-6-22(24)7-3-18/h2-17,24H,1H3/q+1/p+1. The number of aromatic nitrogens is 2. The molecule has 0 unspecified atom stereocenters. The van der Waals surface area contributed by atoms with Crippen molar-refractivity contribution < 1.29 is 9.13 Å². The van der Waals surface area contributed by atoms with Crippen LogP contribution in [0.3, 0.4) is 0 Å². The number of hydrogen-bond acceptors (Lipinski definition) is 1. The lowest BCUT2D eigenvalue weighted by Gasteiger charge is -2.03. The minimum absolute atomic E-state index is 0.785. The average molecular weight is 339 g/mol. The molecule has 0 atom stereocenters. The largest absolute Gasteiger partial charge is 0.399 e. The van der Waals surface area contributed by atoms with E-state index >= 15 is 0 Å². The second-order valence-electron chi connectivity index (χ2n) is 6.42. The van der Waals surface area contributed by atoms with Crippen molar-refractivity contribution in [3.63, 3.8) is 0 Å². The van der Waals surface area contributed by atoms with Crippen molar-refractivity contribution in [3.05, 3.63) is 97.6 Å². The van der Waals surface area contributed by atoms with E-state index in [0.29, 0.717) is 0 Å². The van der Waals surface area contributed by atoms with Gasteiger partial charge in [-0.15, -0.1) is 0 Å². The maximum Gasteiger partial charge on any atom is 0.210 e. The Morgan fingerprint density at radius 3 is 1.50 bits per heavy atom. The summed E-state index contributed by atoms with van der Waals surface area (Å²) in [5, 5.41) is 0. The summed E-state index contributed by atoms with van der Waals surface area (Å²) < 4.78 is 4.16. The predicted octanol–water partition coefficient (Wildman–Crippen LogP) is 3.70. The Labute approximate surface area is 153 Å². The molecule has 2 aromatic carbocycles. The molecule has 0 saturated heterocycles. The molecule has 4 rings (SSSR count). The van der Waals surface area contributed by atoms with E-state index in [0.717, 1.165) is 11.4 Å². The molecular formula is C23H21N3+2. The Kier molecular flexibility index (Phi) is 4.20. The van der Waals surface area contributed by atoms with Gasteiger partial charge in [-0.3, -0.25) is 0 Å². The minimum atomic E-state index is 0.785. The zero-order valence-electron chi connectivity index (χ0n) is 14.7. The molecule has 0 radical (unpaired) electrons. The molecule has 0 aliphatic carbocycles. The van der Waals surface area contributed by atoms with Crippen LogP contribution in [-0.2, 0) is 7.05 Å². The van der Waals surface area contributed by atoms with Crippen molar-refractivity contribution in [1.29, 1.82) is 0 Å². The Bertz CT molecular complexity index is 914. The van der Waals surface area contributed by atoms with E-state index in [1.807, 2.05) is 35.9 Å². The van der Waals surface area contributed by atoms with E-state index in [9.17, 15) is 0 Å². The van der Waals surface area contributed by atoms with Crippen molar-refractivity contribution in [3.8, 4) is 27.9 Å². The molecule has 0 saturated carbocycles. The van der Waals surface area contributed by atoms with E-state index in [4.69, 9.17) is 5.73 Å². The smallest absolute Gasteiger partial charge is 0.210 e. The van der Waals surface area contributed by atoms with Crippen molar-refractivity contribution in [2.24, 2.45) is 7.05 Å². The maximum atomic E-state index is 5.76. The summed E-state index contributed by atoms with van der Waals surface area (Å²) in [6, 6.07) is 25.0. The van der Waals surface area contributed by atoms with Crippen molar-refractivity contribution >= 4 is 5.69 Å². The number of nitrogens with zero attached hydrogens (tertiary/aromatic N) is 2. The van der Waals surface area contributed by atoms with E-state index in [-0.39, 0.29) is 0 Å². The fourth-order valence-corrected chi connectivity index (χ4v) is 2.99. The third kappa shape index (κ3) is 3.33. The summed E-state index contributed by atoms with van der Waals surface area (Å²) in [4.78, 5) is 0. The number of benzene rings is 2. The number of rotatable bonds is 3. The normalized spacial score (nSPS) is 10.7. The molecule has 2 aromatic heterocycles. The lowest BCUT2D eigenvalue weighted by Crippen LogP contribution is -2.29. The zero-order valence-corrected chi connectivity index (χ0v) is 14.7. The van der Waals surface area contributed by atoms with Crippen LogP contribution in [0.15, 0.2) is 97.6 Å². The highest BCUT2D eigenvalue weighted by Gasteiger charge is 2.08. The summed E-state index contributed by atoms with van der Waals surface area (Å²) in [5.41, 5.74) is 12.5. The van der Waals surface area contributed by atoms with E-state index in [1.165, 1.54) is 22.3 Å². The third-order valence-electron chi connectivity index (χ3n) is 4.55. The predicted molar refractivity (Wildman–Crippen MR) is 104 cm³/mol. The van der Waals surface area contributed by atoms with Gasteiger partial charge >= 0.3 is 0 Å². The molecule has 2 N–H and O–H groups in total. The molecule has 0 bridgehead atoms. The summed E-state index contributed by atoms with van der Waals surface area (Å²) in [6.45, 7) is 0. The van der Waals surface area contributed by atoms with Crippen molar-refractivity contribution in [2.45, 2.75) is 0 Å². The van der Waals surface area contributed by atoms with Gasteiger partial charge in [-0.05, 0) is 46.5 Å². The topological polar surface area (TPSA) is 33.8 Å². The molecule has 3 heteroatoms. The van der Waals surface area contributed by atoms with Gasteiger partial charge in [0.15, 0.2) is 24.8 Å². The molecule has 2 heterocycles. The lowest BCUT2D eigenvalue weighted by atomic mass is 10.0. The average Bonchev–Trinajstić information content (AvgIpc) is 2.70. The van der Waals surface area contributed by atoms with Crippen molar-refractivity contribution in [2.75, 3.05) is 5.73 Å². The summed E-state index contributed by atoms with van der Waals surface area (Å²) in [5.74, 6) is 0. The Hall–Kier alpha value is -3.46. The van der Waals surface area contributed by atoms with Gasteiger partial charge in [0.05, 0.1) is 0 Å². The summed E-state index contributed by atoms with van der Waals surface area (Å²) in [7, 11) is 2.02. The third-order valence-corrected chi connectivity index (χ3v) is 4.55. The Balaban J connectivity index is 1.57. The highest BCUT2D eigenvalue weighted by atomic mass is 14.9. The van der Waals surface area contributed by atoms with Crippen molar-refractivity contribution in [1.82, 2.24) is 0 Å². The van der Waals surface area contributed by atoms with Crippen LogP contribution in [0, 0.1) is 0 Å². The van der Waals surface area contributed by atoms with Gasteiger partial charge in [-0.25, -0.2) is 4.57 Å². The van der Waals surface area contributed by atoms with Gasteiger partial charge in [-0.1, -0.05) is 12.1 Å². The van der Waals surface area contributed by atoms with E-state index < -0.39 is 0 Å². The van der Waals surface area contributed by atoms with Crippen LogP contribution in [0.25, 0.3) is 27.9 Å². The van der Waals surface area contributed by atoms with Gasteiger partial charge < -0.3 is 5.73 Å². The van der Waals surface area contributed by atoms with Crippen LogP contribution >= 0.6 is 0 Å². The van der Waals surface area contributed by atoms with Crippen LogP contribution in [0.1, 0.15) is 0 Å². The fraction of sp³-hybridized carbons (Fsp3) is 0.0435. The molecule has 126 valence electrons. The highest BCUT2D eigenvalue weighted by Crippen LogP contribution is 2.21. The molecule has 0 fully saturated rings. The minimum Gasteiger partial charge on any atom is -0.399 e. The second-order valence-corrected chi connectivity index (χ2v) is 6.42. The van der Waals surface area contributed by atoms with Crippen LogP contribution in [0.4, 0.5) is 5.69 Å². The fourth-order valence-electron chi connectivity index (χ4n) is 2.99. The number of hydrogen-bond donors (Lipinski definition) is 1. The first-order valence-electron chi connectivity index (χ1n) is 8.62. The van der Waals surface area contributed by atoms with Crippen LogP contribution in [0.2, 0.25) is 0 Å². The van der Waals surface area contributed by atoms with Crippen LogP contribution in [0.5, 0.6) is 0 Å². The first kappa shape index (κ1) is 16.0. The molecular weight excluding hydrogens is 318 g/mol. The van der Waals surface area contributed by atoms with E-state index in [2.05, 4.69) is 77.9 Å². The molecule has 26 heavy (non-hydrogen) atoms. The van der Waals surface area contributed by atoms with E-state index in [1.54, 1.807) is 0 Å². The monoisotopic (exact) mass is 339 g/mol. The summed E-state index contributed by atoms with van der Waals surface area (Å²) in [6.07, 6.45) is 8.32. The van der Waals surface area contributed by atoms with Gasteiger partial charge in [0.2, 0.25) is 5.69 Å². The van der Waals surface area contributed by atoms with Gasteiger partial charge in [-0.2, -0.15) is 4.57 Å².